The minimum Gasteiger partial charge on any atom is -0.384 e. The summed E-state index contributed by atoms with van der Waals surface area (Å²) in [5, 5.41) is 13.3. The Hall–Kier alpha value is -6.50. The van der Waals surface area contributed by atoms with Crippen LogP contribution >= 0.6 is 0 Å². The Bertz CT molecular complexity index is 2680. The molecule has 356 valence electrons. The first kappa shape index (κ1) is 46.6. The molecule has 4 aliphatic rings. The summed E-state index contributed by atoms with van der Waals surface area (Å²) in [6.07, 6.45) is 13.1. The fraction of sp³-hybridized carbons (Fsp3) is 0.440. The van der Waals surface area contributed by atoms with Crippen molar-refractivity contribution in [2.45, 2.75) is 82.8 Å². The van der Waals surface area contributed by atoms with Crippen LogP contribution in [0.1, 0.15) is 96.5 Å². The first-order chi connectivity index (χ1) is 33.1. The molecule has 3 aromatic carbocycles. The van der Waals surface area contributed by atoms with E-state index < -0.39 is 41.3 Å². The van der Waals surface area contributed by atoms with E-state index in [1.165, 1.54) is 12.1 Å². The van der Waals surface area contributed by atoms with Crippen molar-refractivity contribution in [1.82, 2.24) is 45.1 Å². The van der Waals surface area contributed by atoms with E-state index in [2.05, 4.69) is 30.9 Å². The summed E-state index contributed by atoms with van der Waals surface area (Å²) >= 11 is 0. The third-order valence-electron chi connectivity index (χ3n) is 13.4. The predicted molar refractivity (Wildman–Crippen MR) is 249 cm³/mol. The highest BCUT2D eigenvalue weighted by molar-refractivity contribution is 6.25. The Morgan fingerprint density at radius 2 is 1.51 bits per heavy atom. The van der Waals surface area contributed by atoms with E-state index in [0.717, 1.165) is 74.9 Å². The molecule has 3 fully saturated rings. The van der Waals surface area contributed by atoms with Gasteiger partial charge in [0.05, 0.1) is 66.0 Å². The van der Waals surface area contributed by atoms with Gasteiger partial charge in [0, 0.05) is 80.8 Å². The topological polar surface area (TPSA) is 184 Å². The summed E-state index contributed by atoms with van der Waals surface area (Å²) in [5.74, 6) is -3.24. The highest BCUT2D eigenvalue weighted by Gasteiger charge is 2.45. The van der Waals surface area contributed by atoms with Crippen LogP contribution in [0.4, 0.5) is 14.5 Å². The number of aromatic nitrogens is 4. The summed E-state index contributed by atoms with van der Waals surface area (Å²) in [6, 6.07) is 12.4. The third-order valence-corrected chi connectivity index (χ3v) is 13.4. The van der Waals surface area contributed by atoms with Crippen LogP contribution in [0.3, 0.4) is 0 Å². The molecule has 4 aliphatic heterocycles. The Morgan fingerprint density at radius 1 is 0.794 bits per heavy atom. The number of unbranched alkanes of at least 4 members (excludes halogenated alkanes) is 5. The van der Waals surface area contributed by atoms with Crippen LogP contribution in [0, 0.1) is 11.6 Å². The number of morpholine rings is 1. The maximum atomic E-state index is 15.4. The fourth-order valence-corrected chi connectivity index (χ4v) is 9.64. The molecule has 0 aliphatic carbocycles. The smallest absolute Gasteiger partial charge is 0.264 e. The van der Waals surface area contributed by atoms with Crippen molar-refractivity contribution >= 4 is 46.3 Å². The molecule has 6 heterocycles. The van der Waals surface area contributed by atoms with Gasteiger partial charge < -0.3 is 15.4 Å². The van der Waals surface area contributed by atoms with E-state index in [4.69, 9.17) is 9.72 Å². The number of fused-ring (bicyclic) bond motifs is 2. The Kier molecular flexibility index (Phi) is 14.5. The van der Waals surface area contributed by atoms with Crippen molar-refractivity contribution in [3.63, 3.8) is 0 Å². The van der Waals surface area contributed by atoms with E-state index >= 15 is 8.78 Å². The zero-order valence-electron chi connectivity index (χ0n) is 38.0. The van der Waals surface area contributed by atoms with Crippen LogP contribution in [0.2, 0.25) is 0 Å². The second-order valence-corrected chi connectivity index (χ2v) is 18.0. The number of benzene rings is 3. The lowest BCUT2D eigenvalue weighted by Crippen LogP contribution is -2.54. The molecular weight excluding hydrogens is 875 g/mol. The molecule has 68 heavy (non-hydrogen) atoms. The van der Waals surface area contributed by atoms with Crippen LogP contribution in [-0.4, -0.2) is 129 Å². The monoisotopic (exact) mass is 930 g/mol. The van der Waals surface area contributed by atoms with Crippen LogP contribution in [0.5, 0.6) is 0 Å². The van der Waals surface area contributed by atoms with Crippen molar-refractivity contribution < 1.29 is 37.5 Å². The summed E-state index contributed by atoms with van der Waals surface area (Å²) in [7, 11) is 0. The molecule has 5 amide bonds. The number of anilines is 1. The molecule has 0 bridgehead atoms. The number of carbonyl (C=O) groups excluding carboxylic acids is 5. The second kappa shape index (κ2) is 21.2. The van der Waals surface area contributed by atoms with Crippen molar-refractivity contribution in [1.29, 1.82) is 0 Å². The Labute approximate surface area is 392 Å². The second-order valence-electron chi connectivity index (χ2n) is 18.0. The number of likely N-dealkylation sites (tertiary alicyclic amines) is 1. The van der Waals surface area contributed by atoms with Gasteiger partial charge in [-0.15, -0.1) is 0 Å². The average Bonchev–Trinajstić information content (AvgIpc) is 3.94. The van der Waals surface area contributed by atoms with Gasteiger partial charge in [0.25, 0.3) is 11.8 Å². The molecule has 0 spiro atoms. The number of piperidine rings is 2. The number of hydrogen-bond donors (Lipinski definition) is 3. The number of hydrogen-bond acceptors (Lipinski definition) is 12. The molecular formula is C50H56F2N10O6. The van der Waals surface area contributed by atoms with E-state index in [1.54, 1.807) is 36.7 Å². The van der Waals surface area contributed by atoms with Gasteiger partial charge in [-0.05, 0) is 68.0 Å². The van der Waals surface area contributed by atoms with Gasteiger partial charge in [-0.2, -0.15) is 5.10 Å². The molecule has 5 aromatic rings. The highest BCUT2D eigenvalue weighted by atomic mass is 19.1. The lowest BCUT2D eigenvalue weighted by atomic mass is 10.0. The minimum absolute atomic E-state index is 0.0207. The number of ether oxygens (including phenoxy) is 1. The first-order valence-electron chi connectivity index (χ1n) is 23.8. The summed E-state index contributed by atoms with van der Waals surface area (Å²) < 4.78 is 38.2. The van der Waals surface area contributed by atoms with Gasteiger partial charge in [-0.3, -0.25) is 53.7 Å². The standard InChI is InChI=1S/C50H56F2N10O6/c51-38-25-32(26-39(52)37(38)30-60-21-23-68-24-22-60)35-9-7-12-41-47(35)57-42(28-55-41)33-27-56-61(29-33)34-15-19-59(20-16-34)31-45(64)54-18-6-4-2-1-3-5-17-53-40-11-8-10-36-46(40)50(67)62(49(36)66)43-13-14-44(63)58-48(43)65/h7-12,25-29,34,43,53H,1-6,13-24,30-31H2,(H,54,64)(H,58,63,65). The Morgan fingerprint density at radius 3 is 2.28 bits per heavy atom. The van der Waals surface area contributed by atoms with Crippen molar-refractivity contribution in [3.8, 4) is 22.4 Å². The maximum absolute atomic E-state index is 15.4. The molecule has 18 heteroatoms. The fourth-order valence-electron chi connectivity index (χ4n) is 9.64. The van der Waals surface area contributed by atoms with Crippen molar-refractivity contribution in [2.24, 2.45) is 0 Å². The number of para-hydroxylation sites is 1. The highest BCUT2D eigenvalue weighted by Crippen LogP contribution is 2.34. The van der Waals surface area contributed by atoms with Gasteiger partial charge in [0.1, 0.15) is 17.7 Å². The Balaban J connectivity index is 0.670. The molecule has 1 atom stereocenters. The van der Waals surface area contributed by atoms with Crippen LogP contribution in [0.15, 0.2) is 67.1 Å². The van der Waals surface area contributed by atoms with E-state index in [-0.39, 0.29) is 48.0 Å². The molecule has 0 saturated carbocycles. The minimum atomic E-state index is -0.998. The summed E-state index contributed by atoms with van der Waals surface area (Å²) in [6.45, 7) is 5.66. The maximum Gasteiger partial charge on any atom is 0.264 e. The first-order valence-corrected chi connectivity index (χ1v) is 23.8. The predicted octanol–water partition coefficient (Wildman–Crippen LogP) is 5.88. The van der Waals surface area contributed by atoms with Crippen LogP contribution < -0.4 is 16.0 Å². The zero-order chi connectivity index (χ0) is 47.1. The van der Waals surface area contributed by atoms with Gasteiger partial charge in [-0.25, -0.2) is 13.8 Å². The number of carbonyl (C=O) groups is 5. The molecule has 16 nitrogen and oxygen atoms in total. The lowest BCUT2D eigenvalue weighted by molar-refractivity contribution is -0.136. The summed E-state index contributed by atoms with van der Waals surface area (Å²) in [5.41, 5.74) is 4.68. The number of rotatable bonds is 18. The lowest BCUT2D eigenvalue weighted by Gasteiger charge is -2.31. The van der Waals surface area contributed by atoms with Crippen molar-refractivity contribution in [3.05, 3.63) is 95.4 Å². The zero-order valence-corrected chi connectivity index (χ0v) is 38.0. The number of halogens is 2. The van der Waals surface area contributed by atoms with Gasteiger partial charge in [0.15, 0.2) is 0 Å². The number of imide groups is 2. The normalized spacial score (nSPS) is 18.3. The number of nitrogens with zero attached hydrogens (tertiary/aromatic N) is 7. The molecule has 2 aromatic heterocycles. The van der Waals surface area contributed by atoms with Crippen molar-refractivity contribution in [2.75, 3.05) is 64.3 Å². The van der Waals surface area contributed by atoms with Crippen LogP contribution in [0.25, 0.3) is 33.4 Å². The largest absolute Gasteiger partial charge is 0.384 e. The molecule has 1 unspecified atom stereocenters. The van der Waals surface area contributed by atoms with E-state index in [9.17, 15) is 24.0 Å². The van der Waals surface area contributed by atoms with Crippen LogP contribution in [-0.2, 0) is 25.7 Å². The van der Waals surface area contributed by atoms with E-state index in [0.29, 0.717) is 79.5 Å². The number of nitrogens with one attached hydrogen (secondary N) is 3. The van der Waals surface area contributed by atoms with E-state index in [1.807, 2.05) is 27.9 Å². The molecule has 0 radical (unpaired) electrons. The number of amides is 5. The molecule has 3 saturated heterocycles. The van der Waals surface area contributed by atoms with Gasteiger partial charge in [-0.1, -0.05) is 43.9 Å². The quantitative estimate of drug-likeness (QED) is 0.0702. The summed E-state index contributed by atoms with van der Waals surface area (Å²) in [4.78, 5) is 77.9. The van der Waals surface area contributed by atoms with Gasteiger partial charge >= 0.3 is 0 Å². The van der Waals surface area contributed by atoms with Gasteiger partial charge in [0.2, 0.25) is 17.7 Å². The molecule has 9 rings (SSSR count). The SMILES string of the molecule is O=C(CN1CCC(n2cc(-c3cnc4cccc(-c5cc(F)c(CN6CCOCC6)c(F)c5)c4n3)cn2)CC1)NCCCCCCCCNc1cccc2c1C(=O)N(C1CCC(=O)NC1=O)C2=O. The average molecular weight is 931 g/mol. The third kappa shape index (κ3) is 10.5. The molecule has 3 N–H and O–H groups in total.